The van der Waals surface area contributed by atoms with E-state index in [1.165, 1.54) is 41.9 Å². The fourth-order valence-electron chi connectivity index (χ4n) is 3.55. The quantitative estimate of drug-likeness (QED) is 0.692. The molecule has 7 heteroatoms. The highest BCUT2D eigenvalue weighted by Crippen LogP contribution is 2.31. The first-order chi connectivity index (χ1) is 13.1. The molecular formula is C20H24N6S. The predicted octanol–water partition coefficient (Wildman–Crippen LogP) is 4.53. The summed E-state index contributed by atoms with van der Waals surface area (Å²) in [6, 6.07) is 8.34. The molecule has 3 aromatic rings. The van der Waals surface area contributed by atoms with Crippen LogP contribution < -0.4 is 16.0 Å². The molecular weight excluding hydrogens is 356 g/mol. The van der Waals surface area contributed by atoms with E-state index in [9.17, 15) is 0 Å². The highest BCUT2D eigenvalue weighted by molar-refractivity contribution is 7.18. The van der Waals surface area contributed by atoms with Gasteiger partial charge in [-0.25, -0.2) is 15.0 Å². The molecule has 0 bridgehead atoms. The number of nitrogen functional groups attached to an aromatic ring is 1. The maximum atomic E-state index is 5.82. The number of nitrogens with one attached hydrogen (secondary N) is 1. The molecule has 6 nitrogen and oxygen atoms in total. The standard InChI is InChI=1S/C20H24N6S/c1-13-12-15(6-7-17(13)26-10-4-3-5-11-26)24-20-22-9-8-16(25-20)18-14(2)23-19(21)27-18/h6-9,12H,3-5,10-11H2,1-2H3,(H2,21,23)(H,22,24,25). The Bertz CT molecular complexity index is 945. The van der Waals surface area contributed by atoms with Crippen LogP contribution in [-0.4, -0.2) is 28.0 Å². The normalized spacial score (nSPS) is 14.4. The number of nitrogens with zero attached hydrogens (tertiary/aromatic N) is 4. The monoisotopic (exact) mass is 380 g/mol. The van der Waals surface area contributed by atoms with Gasteiger partial charge >= 0.3 is 0 Å². The van der Waals surface area contributed by atoms with Gasteiger partial charge in [0.15, 0.2) is 5.13 Å². The van der Waals surface area contributed by atoms with Crippen LogP contribution in [0.4, 0.5) is 22.5 Å². The average Bonchev–Trinajstić information content (AvgIpc) is 3.01. The number of anilines is 4. The average molecular weight is 381 g/mol. The lowest BCUT2D eigenvalue weighted by Gasteiger charge is -2.30. The Kier molecular flexibility index (Phi) is 4.94. The minimum Gasteiger partial charge on any atom is -0.375 e. The zero-order chi connectivity index (χ0) is 18.8. The molecule has 0 saturated carbocycles. The van der Waals surface area contributed by atoms with Crippen molar-refractivity contribution in [3.8, 4) is 10.6 Å². The zero-order valence-electron chi connectivity index (χ0n) is 15.7. The van der Waals surface area contributed by atoms with Crippen molar-refractivity contribution < 1.29 is 0 Å². The second-order valence-electron chi connectivity index (χ2n) is 6.91. The fourth-order valence-corrected chi connectivity index (χ4v) is 4.36. The summed E-state index contributed by atoms with van der Waals surface area (Å²) in [5, 5.41) is 3.88. The van der Waals surface area contributed by atoms with E-state index < -0.39 is 0 Å². The Morgan fingerprint density at radius 3 is 2.59 bits per heavy atom. The minimum absolute atomic E-state index is 0.555. The van der Waals surface area contributed by atoms with Crippen LogP contribution in [-0.2, 0) is 0 Å². The van der Waals surface area contributed by atoms with E-state index in [2.05, 4.69) is 50.3 Å². The molecule has 0 atom stereocenters. The second kappa shape index (κ2) is 7.52. The molecule has 1 fully saturated rings. The number of aryl methyl sites for hydroxylation is 2. The molecule has 140 valence electrons. The first-order valence-corrected chi connectivity index (χ1v) is 10.1. The van der Waals surface area contributed by atoms with Crippen molar-refractivity contribution >= 4 is 33.8 Å². The first kappa shape index (κ1) is 17.7. The van der Waals surface area contributed by atoms with Gasteiger partial charge in [-0.3, -0.25) is 0 Å². The molecule has 1 aliphatic rings. The SMILES string of the molecule is Cc1cc(Nc2nccc(-c3sc(N)nc3C)n2)ccc1N1CCCCC1. The van der Waals surface area contributed by atoms with Crippen LogP contribution in [0, 0.1) is 13.8 Å². The van der Waals surface area contributed by atoms with Crippen molar-refractivity contribution in [1.29, 1.82) is 0 Å². The molecule has 0 aliphatic carbocycles. The second-order valence-corrected chi connectivity index (χ2v) is 7.94. The molecule has 0 radical (unpaired) electrons. The van der Waals surface area contributed by atoms with Crippen LogP contribution in [0.2, 0.25) is 0 Å². The van der Waals surface area contributed by atoms with Crippen molar-refractivity contribution in [1.82, 2.24) is 15.0 Å². The Labute approximate surface area is 163 Å². The number of nitrogens with two attached hydrogens (primary N) is 1. The van der Waals surface area contributed by atoms with E-state index in [-0.39, 0.29) is 0 Å². The van der Waals surface area contributed by atoms with Gasteiger partial charge in [0.05, 0.1) is 16.3 Å². The van der Waals surface area contributed by atoms with Gasteiger partial charge in [-0.15, -0.1) is 0 Å². The summed E-state index contributed by atoms with van der Waals surface area (Å²) in [7, 11) is 0. The van der Waals surface area contributed by atoms with E-state index in [0.29, 0.717) is 11.1 Å². The number of aromatic nitrogens is 3. The lowest BCUT2D eigenvalue weighted by molar-refractivity contribution is 0.577. The highest BCUT2D eigenvalue weighted by Gasteiger charge is 2.14. The van der Waals surface area contributed by atoms with Crippen molar-refractivity contribution in [3.05, 3.63) is 41.7 Å². The fraction of sp³-hybridized carbons (Fsp3) is 0.350. The van der Waals surface area contributed by atoms with Crippen LogP contribution in [0.25, 0.3) is 10.6 Å². The Balaban J connectivity index is 1.55. The van der Waals surface area contributed by atoms with Crippen molar-refractivity contribution in [2.45, 2.75) is 33.1 Å². The molecule has 3 heterocycles. The minimum atomic E-state index is 0.555. The summed E-state index contributed by atoms with van der Waals surface area (Å²) in [6.45, 7) is 6.40. The zero-order valence-corrected chi connectivity index (χ0v) is 16.5. The summed E-state index contributed by atoms with van der Waals surface area (Å²) >= 11 is 1.45. The molecule has 27 heavy (non-hydrogen) atoms. The summed E-state index contributed by atoms with van der Waals surface area (Å²) < 4.78 is 0. The number of piperidine rings is 1. The molecule has 0 unspecified atom stereocenters. The largest absolute Gasteiger partial charge is 0.375 e. The Morgan fingerprint density at radius 1 is 1.07 bits per heavy atom. The van der Waals surface area contributed by atoms with Gasteiger partial charge in [-0.1, -0.05) is 11.3 Å². The van der Waals surface area contributed by atoms with Gasteiger partial charge in [0.2, 0.25) is 5.95 Å². The molecule has 1 aromatic carbocycles. The molecule has 2 aromatic heterocycles. The van der Waals surface area contributed by atoms with Gasteiger partial charge in [0.1, 0.15) is 0 Å². The summed E-state index contributed by atoms with van der Waals surface area (Å²) in [4.78, 5) is 16.7. The number of hydrogen-bond acceptors (Lipinski definition) is 7. The van der Waals surface area contributed by atoms with E-state index in [0.717, 1.165) is 35.0 Å². The number of thiazole rings is 1. The number of rotatable bonds is 4. The maximum Gasteiger partial charge on any atom is 0.227 e. The van der Waals surface area contributed by atoms with E-state index in [4.69, 9.17) is 5.73 Å². The molecule has 3 N–H and O–H groups in total. The summed E-state index contributed by atoms with van der Waals surface area (Å²) in [5.74, 6) is 0.573. The molecule has 1 aliphatic heterocycles. The van der Waals surface area contributed by atoms with Gasteiger partial charge in [-0.2, -0.15) is 0 Å². The summed E-state index contributed by atoms with van der Waals surface area (Å²) in [6.07, 6.45) is 5.66. The van der Waals surface area contributed by atoms with Crippen LogP contribution >= 0.6 is 11.3 Å². The van der Waals surface area contributed by atoms with Gasteiger partial charge in [0.25, 0.3) is 0 Å². The molecule has 0 amide bonds. The Morgan fingerprint density at radius 2 is 1.89 bits per heavy atom. The van der Waals surface area contributed by atoms with Crippen molar-refractivity contribution in [3.63, 3.8) is 0 Å². The van der Waals surface area contributed by atoms with Crippen LogP contribution in [0.1, 0.15) is 30.5 Å². The third kappa shape index (κ3) is 3.88. The smallest absolute Gasteiger partial charge is 0.227 e. The lowest BCUT2D eigenvalue weighted by Crippen LogP contribution is -2.29. The van der Waals surface area contributed by atoms with Gasteiger partial charge < -0.3 is 16.0 Å². The predicted molar refractivity (Wildman–Crippen MR) is 113 cm³/mol. The van der Waals surface area contributed by atoms with Crippen LogP contribution in [0.15, 0.2) is 30.5 Å². The van der Waals surface area contributed by atoms with E-state index in [1.54, 1.807) is 6.20 Å². The molecule has 1 saturated heterocycles. The van der Waals surface area contributed by atoms with E-state index in [1.807, 2.05) is 13.0 Å². The lowest BCUT2D eigenvalue weighted by atomic mass is 10.1. The van der Waals surface area contributed by atoms with Gasteiger partial charge in [0, 0.05) is 30.7 Å². The maximum absolute atomic E-state index is 5.82. The first-order valence-electron chi connectivity index (χ1n) is 9.29. The van der Waals surface area contributed by atoms with E-state index >= 15 is 0 Å². The third-order valence-electron chi connectivity index (χ3n) is 4.85. The van der Waals surface area contributed by atoms with Crippen LogP contribution in [0.3, 0.4) is 0 Å². The van der Waals surface area contributed by atoms with Crippen molar-refractivity contribution in [2.75, 3.05) is 29.0 Å². The van der Waals surface area contributed by atoms with Crippen molar-refractivity contribution in [2.24, 2.45) is 0 Å². The number of hydrogen-bond donors (Lipinski definition) is 2. The number of benzene rings is 1. The topological polar surface area (TPSA) is 80.0 Å². The molecule has 4 rings (SSSR count). The van der Waals surface area contributed by atoms with Crippen LogP contribution in [0.5, 0.6) is 0 Å². The molecule has 0 spiro atoms. The highest BCUT2D eigenvalue weighted by atomic mass is 32.1. The van der Waals surface area contributed by atoms with Gasteiger partial charge in [-0.05, 0) is 62.9 Å². The summed E-state index contributed by atoms with van der Waals surface area (Å²) in [5.41, 5.74) is 11.1. The Hall–Kier alpha value is -2.67. The third-order valence-corrected chi connectivity index (χ3v) is 5.86.